The maximum absolute atomic E-state index is 8.51. The van der Waals surface area contributed by atoms with Gasteiger partial charge in [-0.25, -0.2) is 0 Å². The third-order valence-corrected chi connectivity index (χ3v) is 3.71. The van der Waals surface area contributed by atoms with E-state index in [1.165, 1.54) is 0 Å². The van der Waals surface area contributed by atoms with Crippen molar-refractivity contribution >= 4 is 22.7 Å². The fraction of sp³-hybridized carbons (Fsp3) is 0.105. The second-order valence-electron chi connectivity index (χ2n) is 5.16. The quantitative estimate of drug-likeness (QED) is 0.642. The Bertz CT molecular complexity index is 959. The highest BCUT2D eigenvalue weighted by molar-refractivity contribution is 6.50. The van der Waals surface area contributed by atoms with Crippen LogP contribution in [0.1, 0.15) is 11.5 Å². The van der Waals surface area contributed by atoms with Gasteiger partial charge in [0.2, 0.25) is 5.82 Å². The van der Waals surface area contributed by atoms with Crippen molar-refractivity contribution in [2.24, 2.45) is 0 Å². The molecule has 0 fully saturated rings. The van der Waals surface area contributed by atoms with Gasteiger partial charge in [-0.2, -0.15) is 10.2 Å². The maximum Gasteiger partial charge on any atom is 0.269 e. The number of nitrogens with zero attached hydrogens (tertiary/aromatic N) is 3. The molecule has 0 saturated carbocycles. The number of ether oxygens (including phenoxy) is 2. The van der Waals surface area contributed by atoms with E-state index in [-0.39, 0.29) is 12.5 Å². The first-order chi connectivity index (χ1) is 12.7. The summed E-state index contributed by atoms with van der Waals surface area (Å²) in [5.41, 5.74) is 1.60. The predicted octanol–water partition coefficient (Wildman–Crippen LogP) is 4.38. The Balaban J connectivity index is 1.77. The zero-order valence-electron chi connectivity index (χ0n) is 13.8. The number of methoxy groups -OCH3 is 1. The van der Waals surface area contributed by atoms with Gasteiger partial charge >= 0.3 is 0 Å². The van der Waals surface area contributed by atoms with Crippen LogP contribution in [0.25, 0.3) is 22.5 Å². The summed E-state index contributed by atoms with van der Waals surface area (Å²) in [5.74, 6) is 1.95. The van der Waals surface area contributed by atoms with Crippen molar-refractivity contribution in [2.75, 3.05) is 13.7 Å². The van der Waals surface area contributed by atoms with E-state index in [0.29, 0.717) is 22.4 Å². The number of halogens is 1. The van der Waals surface area contributed by atoms with E-state index in [1.807, 2.05) is 42.5 Å². The summed E-state index contributed by atoms with van der Waals surface area (Å²) in [4.78, 5) is 4.32. The van der Waals surface area contributed by atoms with Crippen LogP contribution in [0.3, 0.4) is 0 Å². The Morgan fingerprint density at radius 3 is 2.77 bits per heavy atom. The molecule has 0 unspecified atom stereocenters. The van der Waals surface area contributed by atoms with E-state index in [1.54, 1.807) is 25.3 Å². The van der Waals surface area contributed by atoms with E-state index in [2.05, 4.69) is 10.1 Å². The van der Waals surface area contributed by atoms with Crippen molar-refractivity contribution in [3.8, 4) is 29.0 Å². The fourth-order valence-electron chi connectivity index (χ4n) is 2.18. The Hall–Kier alpha value is -3.30. The van der Waals surface area contributed by atoms with Crippen LogP contribution >= 0.6 is 11.6 Å². The lowest BCUT2D eigenvalue weighted by atomic mass is 10.2. The van der Waals surface area contributed by atoms with E-state index >= 15 is 0 Å². The van der Waals surface area contributed by atoms with Gasteiger partial charge in [0.1, 0.15) is 22.6 Å². The molecule has 0 aliphatic heterocycles. The normalized spacial score (nSPS) is 11.0. The molecular formula is C19H14ClN3O3. The first-order valence-electron chi connectivity index (χ1n) is 7.65. The van der Waals surface area contributed by atoms with Crippen LogP contribution in [-0.4, -0.2) is 23.9 Å². The number of benzene rings is 2. The van der Waals surface area contributed by atoms with Gasteiger partial charge in [-0.15, -0.1) is 0 Å². The highest BCUT2D eigenvalue weighted by Crippen LogP contribution is 2.26. The van der Waals surface area contributed by atoms with E-state index in [9.17, 15) is 0 Å². The van der Waals surface area contributed by atoms with E-state index in [0.717, 1.165) is 11.1 Å². The van der Waals surface area contributed by atoms with Crippen LogP contribution in [-0.2, 0) is 0 Å². The molecule has 0 bridgehead atoms. The second-order valence-corrected chi connectivity index (χ2v) is 5.57. The molecule has 0 N–H and O–H groups in total. The summed E-state index contributed by atoms with van der Waals surface area (Å²) in [5, 5.41) is 12.8. The van der Waals surface area contributed by atoms with Gasteiger partial charge in [-0.05, 0) is 35.9 Å². The van der Waals surface area contributed by atoms with Gasteiger partial charge in [0.15, 0.2) is 6.61 Å². The number of rotatable bonds is 6. The molecule has 7 heteroatoms. The third kappa shape index (κ3) is 4.21. The Kier molecular flexibility index (Phi) is 5.52. The first kappa shape index (κ1) is 17.5. The summed E-state index contributed by atoms with van der Waals surface area (Å²) in [7, 11) is 1.59. The highest BCUT2D eigenvalue weighted by atomic mass is 35.5. The summed E-state index contributed by atoms with van der Waals surface area (Å²) in [6.07, 6.45) is 1.71. The lowest BCUT2D eigenvalue weighted by Gasteiger charge is -2.01. The first-order valence-corrected chi connectivity index (χ1v) is 8.03. The monoisotopic (exact) mass is 367 g/mol. The molecule has 1 aromatic heterocycles. The SMILES string of the molecule is COc1cccc(-c2noc(/C(Cl)=C/c3ccc(OCC#N)cc3)n2)c1. The van der Waals surface area contributed by atoms with E-state index in [4.69, 9.17) is 30.9 Å². The average molecular weight is 368 g/mol. The van der Waals surface area contributed by atoms with Crippen molar-refractivity contribution in [3.05, 3.63) is 60.0 Å². The molecule has 0 aliphatic carbocycles. The molecule has 1 heterocycles. The van der Waals surface area contributed by atoms with Gasteiger partial charge in [-0.1, -0.05) is 41.0 Å². The smallest absolute Gasteiger partial charge is 0.269 e. The number of hydrogen-bond acceptors (Lipinski definition) is 6. The van der Waals surface area contributed by atoms with Crippen LogP contribution < -0.4 is 9.47 Å². The van der Waals surface area contributed by atoms with Crippen molar-refractivity contribution in [2.45, 2.75) is 0 Å². The van der Waals surface area contributed by atoms with Crippen LogP contribution in [0.4, 0.5) is 0 Å². The second kappa shape index (κ2) is 8.19. The van der Waals surface area contributed by atoms with Crippen LogP contribution in [0.5, 0.6) is 11.5 Å². The molecule has 0 atom stereocenters. The highest BCUT2D eigenvalue weighted by Gasteiger charge is 2.12. The largest absolute Gasteiger partial charge is 0.497 e. The Morgan fingerprint density at radius 2 is 2.04 bits per heavy atom. The minimum Gasteiger partial charge on any atom is -0.497 e. The van der Waals surface area contributed by atoms with Crippen LogP contribution in [0.2, 0.25) is 0 Å². The van der Waals surface area contributed by atoms with Gasteiger partial charge < -0.3 is 14.0 Å². The zero-order valence-corrected chi connectivity index (χ0v) is 14.6. The molecule has 3 aromatic rings. The standard InChI is InChI=1S/C19H14ClN3O3/c1-24-16-4-2-3-14(12-16)18-22-19(26-23-18)17(20)11-13-5-7-15(8-6-13)25-10-9-21/h2-8,11-12H,10H2,1H3/b17-11-. The molecule has 3 rings (SSSR count). The Labute approximate surface area is 155 Å². The van der Waals surface area contributed by atoms with Gasteiger partial charge in [-0.3, -0.25) is 0 Å². The number of hydrogen-bond donors (Lipinski definition) is 0. The maximum atomic E-state index is 8.51. The van der Waals surface area contributed by atoms with Crippen molar-refractivity contribution in [1.29, 1.82) is 5.26 Å². The van der Waals surface area contributed by atoms with Gasteiger partial charge in [0.25, 0.3) is 5.89 Å². The van der Waals surface area contributed by atoms with Crippen LogP contribution in [0.15, 0.2) is 53.1 Å². The molecule has 0 saturated heterocycles. The topological polar surface area (TPSA) is 81.2 Å². The van der Waals surface area contributed by atoms with Crippen molar-refractivity contribution in [1.82, 2.24) is 10.1 Å². The Morgan fingerprint density at radius 1 is 1.23 bits per heavy atom. The zero-order chi connectivity index (χ0) is 18.4. The molecule has 6 nitrogen and oxygen atoms in total. The summed E-state index contributed by atoms with van der Waals surface area (Å²) in [6, 6.07) is 16.4. The number of aromatic nitrogens is 2. The van der Waals surface area contributed by atoms with Crippen molar-refractivity contribution in [3.63, 3.8) is 0 Å². The van der Waals surface area contributed by atoms with Gasteiger partial charge in [0.05, 0.1) is 7.11 Å². The third-order valence-electron chi connectivity index (χ3n) is 3.44. The molecule has 26 heavy (non-hydrogen) atoms. The predicted molar refractivity (Wildman–Crippen MR) is 97.6 cm³/mol. The molecule has 0 radical (unpaired) electrons. The molecule has 0 amide bonds. The molecule has 0 aliphatic rings. The molecule has 130 valence electrons. The fourth-order valence-corrected chi connectivity index (χ4v) is 2.39. The summed E-state index contributed by atoms with van der Waals surface area (Å²) >= 11 is 6.29. The molecular weight excluding hydrogens is 354 g/mol. The van der Waals surface area contributed by atoms with E-state index < -0.39 is 0 Å². The average Bonchev–Trinajstić information content (AvgIpc) is 3.18. The van der Waals surface area contributed by atoms with Crippen molar-refractivity contribution < 1.29 is 14.0 Å². The molecule has 0 spiro atoms. The number of nitriles is 1. The lowest BCUT2D eigenvalue weighted by Crippen LogP contribution is -1.92. The lowest BCUT2D eigenvalue weighted by molar-refractivity contribution is 0.368. The summed E-state index contributed by atoms with van der Waals surface area (Å²) in [6.45, 7) is 0.00494. The van der Waals surface area contributed by atoms with Gasteiger partial charge in [0, 0.05) is 5.56 Å². The minimum atomic E-state index is 0.00494. The molecule has 2 aromatic carbocycles. The van der Waals surface area contributed by atoms with Crippen LogP contribution in [0, 0.1) is 11.3 Å². The minimum absolute atomic E-state index is 0.00494. The summed E-state index contributed by atoms with van der Waals surface area (Å²) < 4.78 is 15.6.